The molecule has 140 valence electrons. The second-order valence-electron chi connectivity index (χ2n) is 6.61. The molecule has 2 unspecified atom stereocenters. The zero-order chi connectivity index (χ0) is 19.5. The van der Waals surface area contributed by atoms with Crippen LogP contribution < -0.4 is 5.11 Å². The number of hydrogen-bond donors (Lipinski definition) is 7. The first-order valence-corrected chi connectivity index (χ1v) is 7.90. The fourth-order valence-electron chi connectivity index (χ4n) is 3.54. The smallest absolute Gasteiger partial charge is 0.129 e. The minimum absolute atomic E-state index is 0.0480. The van der Waals surface area contributed by atoms with Crippen LogP contribution in [0, 0.1) is 13.8 Å². The van der Waals surface area contributed by atoms with Gasteiger partial charge in [-0.1, -0.05) is 0 Å². The van der Waals surface area contributed by atoms with Gasteiger partial charge in [-0.05, 0) is 13.8 Å². The van der Waals surface area contributed by atoms with Crippen molar-refractivity contribution in [2.75, 3.05) is 0 Å². The van der Waals surface area contributed by atoms with E-state index in [-0.39, 0.29) is 33.8 Å². The lowest BCUT2D eigenvalue weighted by molar-refractivity contribution is -0.462. The lowest BCUT2D eigenvalue weighted by Crippen LogP contribution is -2.58. The monoisotopic (exact) mass is 363 g/mol. The molecular formula is C18H19O8-. The third-order valence-corrected chi connectivity index (χ3v) is 5.20. The van der Waals surface area contributed by atoms with E-state index >= 15 is 0 Å². The maximum absolute atomic E-state index is 12.7. The first-order chi connectivity index (χ1) is 12.1. The minimum Gasteiger partial charge on any atom is -0.851 e. The van der Waals surface area contributed by atoms with Crippen LogP contribution in [0.3, 0.4) is 0 Å². The van der Waals surface area contributed by atoms with Gasteiger partial charge < -0.3 is 40.9 Å². The van der Waals surface area contributed by atoms with E-state index in [0.29, 0.717) is 0 Å². The number of phenolic OH excluding ortho intramolecular Hbond substituents is 6. The summed E-state index contributed by atoms with van der Waals surface area (Å²) in [6.45, 7) is 2.77. The van der Waals surface area contributed by atoms with Crippen LogP contribution in [0.1, 0.15) is 34.1 Å². The Morgan fingerprint density at radius 2 is 1.04 bits per heavy atom. The number of aromatic hydroxyl groups is 6. The molecule has 26 heavy (non-hydrogen) atoms. The van der Waals surface area contributed by atoms with Crippen LogP contribution in [0.5, 0.6) is 34.5 Å². The Morgan fingerprint density at radius 3 is 1.35 bits per heavy atom. The third kappa shape index (κ3) is 2.30. The standard InChI is InChI=1S/C18H19O8/c1-5-7(19)3-9(21)11(15(5)23)13-17(25)14(18(13)26)12-10(22)4-8(20)6(2)16(12)24/h3-4,13-14,17-25H,1-2H3/q-1. The topological polar surface area (TPSA) is 165 Å². The molecule has 0 radical (unpaired) electrons. The summed E-state index contributed by atoms with van der Waals surface area (Å²) in [6, 6.07) is 1.94. The molecule has 7 N–H and O–H groups in total. The fourth-order valence-corrected chi connectivity index (χ4v) is 3.54. The molecule has 1 aliphatic carbocycles. The molecule has 8 heteroatoms. The number of hydrogen-bond acceptors (Lipinski definition) is 8. The first kappa shape index (κ1) is 18.0. The third-order valence-electron chi connectivity index (χ3n) is 5.20. The SMILES string of the molecule is Cc1c(O)cc(O)c(C2C([O-])C(c3c(O)cc(O)c(C)c3O)C2O)c1O. The molecule has 0 saturated heterocycles. The minimum atomic E-state index is -1.61. The molecule has 1 aliphatic rings. The van der Waals surface area contributed by atoms with Crippen LogP contribution in [-0.2, 0) is 0 Å². The number of aliphatic hydroxyl groups excluding tert-OH is 1. The summed E-state index contributed by atoms with van der Waals surface area (Å²) in [7, 11) is 0. The van der Waals surface area contributed by atoms with Gasteiger partial charge in [-0.25, -0.2) is 0 Å². The molecule has 1 saturated carbocycles. The van der Waals surface area contributed by atoms with Crippen LogP contribution in [-0.4, -0.2) is 48.0 Å². The molecular weight excluding hydrogens is 344 g/mol. The van der Waals surface area contributed by atoms with Crippen molar-refractivity contribution >= 4 is 0 Å². The summed E-state index contributed by atoms with van der Waals surface area (Å²) in [5.74, 6) is -5.22. The van der Waals surface area contributed by atoms with Gasteiger partial charge in [0.25, 0.3) is 0 Å². The predicted molar refractivity (Wildman–Crippen MR) is 87.6 cm³/mol. The van der Waals surface area contributed by atoms with E-state index in [2.05, 4.69) is 0 Å². The van der Waals surface area contributed by atoms with Crippen molar-refractivity contribution in [2.45, 2.75) is 37.9 Å². The highest BCUT2D eigenvalue weighted by atomic mass is 16.3. The Labute approximate surface area is 148 Å². The van der Waals surface area contributed by atoms with E-state index in [9.17, 15) is 40.9 Å². The number of benzene rings is 2. The Bertz CT molecular complexity index is 810. The van der Waals surface area contributed by atoms with Crippen LogP contribution >= 0.6 is 0 Å². The largest absolute Gasteiger partial charge is 0.851 e. The van der Waals surface area contributed by atoms with Crippen molar-refractivity contribution in [3.05, 3.63) is 34.4 Å². The first-order valence-electron chi connectivity index (χ1n) is 7.90. The summed E-state index contributed by atoms with van der Waals surface area (Å²) < 4.78 is 0. The van der Waals surface area contributed by atoms with Crippen molar-refractivity contribution in [3.63, 3.8) is 0 Å². The lowest BCUT2D eigenvalue weighted by atomic mass is 9.62. The molecule has 2 atom stereocenters. The number of phenols is 6. The van der Waals surface area contributed by atoms with Gasteiger partial charge >= 0.3 is 0 Å². The molecule has 2 aromatic rings. The molecule has 0 amide bonds. The Balaban J connectivity index is 2.05. The number of rotatable bonds is 2. The molecule has 0 spiro atoms. The van der Waals surface area contributed by atoms with Gasteiger partial charge in [-0.15, -0.1) is 6.10 Å². The summed E-state index contributed by atoms with van der Waals surface area (Å²) >= 11 is 0. The van der Waals surface area contributed by atoms with Gasteiger partial charge in [0.15, 0.2) is 0 Å². The summed E-state index contributed by atoms with van der Waals surface area (Å²) in [4.78, 5) is 0. The van der Waals surface area contributed by atoms with Crippen molar-refractivity contribution in [2.24, 2.45) is 0 Å². The second kappa shape index (κ2) is 5.86. The average molecular weight is 363 g/mol. The van der Waals surface area contributed by atoms with Crippen LogP contribution in [0.2, 0.25) is 0 Å². The Hall–Kier alpha value is -2.84. The molecule has 8 nitrogen and oxygen atoms in total. The highest BCUT2D eigenvalue weighted by Gasteiger charge is 2.49. The predicted octanol–water partition coefficient (Wildman–Crippen LogP) is 0.508. The van der Waals surface area contributed by atoms with Gasteiger partial charge in [0.2, 0.25) is 0 Å². The van der Waals surface area contributed by atoms with E-state index in [0.717, 1.165) is 12.1 Å². The van der Waals surface area contributed by atoms with Crippen LogP contribution in [0.25, 0.3) is 0 Å². The summed E-state index contributed by atoms with van der Waals surface area (Å²) in [5, 5.41) is 82.8. The lowest BCUT2D eigenvalue weighted by Gasteiger charge is -2.55. The maximum atomic E-state index is 12.7. The molecule has 1 fully saturated rings. The van der Waals surface area contributed by atoms with Gasteiger partial charge in [-0.2, -0.15) is 0 Å². The molecule has 2 aromatic carbocycles. The fraction of sp³-hybridized carbons (Fsp3) is 0.333. The summed E-state index contributed by atoms with van der Waals surface area (Å²) in [5.41, 5.74) is -0.296. The van der Waals surface area contributed by atoms with Crippen molar-refractivity contribution in [1.82, 2.24) is 0 Å². The normalized spacial score (nSPS) is 25.1. The zero-order valence-corrected chi connectivity index (χ0v) is 14.0. The van der Waals surface area contributed by atoms with Gasteiger partial charge in [0.1, 0.15) is 34.5 Å². The highest BCUT2D eigenvalue weighted by molar-refractivity contribution is 5.61. The number of aliphatic hydroxyl groups is 1. The van der Waals surface area contributed by atoms with Gasteiger partial charge in [-0.3, -0.25) is 0 Å². The molecule has 3 rings (SSSR count). The quantitative estimate of drug-likeness (QED) is 0.405. The van der Waals surface area contributed by atoms with Crippen LogP contribution in [0.15, 0.2) is 12.1 Å². The van der Waals surface area contributed by atoms with Crippen LogP contribution in [0.4, 0.5) is 0 Å². The van der Waals surface area contributed by atoms with Crippen molar-refractivity contribution < 1.29 is 40.9 Å². The molecule has 0 bridgehead atoms. The van der Waals surface area contributed by atoms with Gasteiger partial charge in [0.05, 0.1) is 6.10 Å². The second-order valence-corrected chi connectivity index (χ2v) is 6.61. The molecule has 0 aliphatic heterocycles. The zero-order valence-electron chi connectivity index (χ0n) is 14.0. The van der Waals surface area contributed by atoms with Gasteiger partial charge in [0, 0.05) is 46.2 Å². The van der Waals surface area contributed by atoms with E-state index in [1.165, 1.54) is 13.8 Å². The Morgan fingerprint density at radius 1 is 0.692 bits per heavy atom. The van der Waals surface area contributed by atoms with Crippen molar-refractivity contribution in [3.8, 4) is 34.5 Å². The van der Waals surface area contributed by atoms with E-state index in [1.807, 2.05) is 0 Å². The van der Waals surface area contributed by atoms with Crippen molar-refractivity contribution in [1.29, 1.82) is 0 Å². The Kier molecular flexibility index (Phi) is 4.05. The molecule has 0 heterocycles. The highest BCUT2D eigenvalue weighted by Crippen LogP contribution is 2.56. The van der Waals surface area contributed by atoms with E-state index in [1.54, 1.807) is 0 Å². The summed E-state index contributed by atoms with van der Waals surface area (Å²) in [6.07, 6.45) is -3.02. The van der Waals surface area contributed by atoms with E-state index < -0.39 is 47.0 Å². The average Bonchev–Trinajstić information content (AvgIpc) is 2.58. The molecule has 0 aromatic heterocycles. The van der Waals surface area contributed by atoms with E-state index in [4.69, 9.17) is 0 Å². The maximum Gasteiger partial charge on any atom is 0.129 e.